The standard InChI is InChI=1S/C4H4N2O.C3H8O/c7-3-4-5-1-2-6-4;1-3-4-2/h1-3H,(H,5,6);3H2,1-2H3. The van der Waals surface area contributed by atoms with E-state index in [0.717, 1.165) is 6.61 Å². The van der Waals surface area contributed by atoms with Crippen LogP contribution in [0.25, 0.3) is 0 Å². The topological polar surface area (TPSA) is 55.0 Å². The van der Waals surface area contributed by atoms with Crippen molar-refractivity contribution in [2.24, 2.45) is 0 Å². The number of hydrogen-bond acceptors (Lipinski definition) is 3. The van der Waals surface area contributed by atoms with Crippen LogP contribution in [0.5, 0.6) is 0 Å². The molecule has 0 aliphatic rings. The number of aromatic nitrogens is 2. The van der Waals surface area contributed by atoms with Crippen LogP contribution in [0.1, 0.15) is 17.5 Å². The molecule has 1 aromatic rings. The number of carbonyl (C=O) groups is 1. The Bertz CT molecular complexity index is 171. The zero-order chi connectivity index (χ0) is 8.53. The Morgan fingerprint density at radius 3 is 2.64 bits per heavy atom. The Balaban J connectivity index is 0.000000218. The minimum absolute atomic E-state index is 0.375. The molecule has 0 aliphatic carbocycles. The van der Waals surface area contributed by atoms with E-state index >= 15 is 0 Å². The summed E-state index contributed by atoms with van der Waals surface area (Å²) in [5, 5.41) is 0. The molecule has 0 atom stereocenters. The highest BCUT2D eigenvalue weighted by molar-refractivity contribution is 5.68. The number of aldehydes is 1. The lowest BCUT2D eigenvalue weighted by molar-refractivity contribution is 0.111. The number of imidazole rings is 1. The van der Waals surface area contributed by atoms with Gasteiger partial charge in [0.25, 0.3) is 0 Å². The molecule has 4 heteroatoms. The quantitative estimate of drug-likeness (QED) is 0.646. The van der Waals surface area contributed by atoms with Gasteiger partial charge in [-0.1, -0.05) is 0 Å². The third-order valence-electron chi connectivity index (χ3n) is 0.920. The first-order valence-corrected chi connectivity index (χ1v) is 3.28. The number of H-pyrrole nitrogens is 1. The Hall–Kier alpha value is -1.16. The highest BCUT2D eigenvalue weighted by Crippen LogP contribution is 1.77. The van der Waals surface area contributed by atoms with E-state index in [1.807, 2.05) is 6.92 Å². The molecule has 0 amide bonds. The van der Waals surface area contributed by atoms with Crippen molar-refractivity contribution < 1.29 is 9.53 Å². The molecule has 11 heavy (non-hydrogen) atoms. The molecule has 62 valence electrons. The normalized spacial score (nSPS) is 8.18. The molecule has 1 heterocycles. The van der Waals surface area contributed by atoms with Gasteiger partial charge >= 0.3 is 0 Å². The minimum atomic E-state index is 0.375. The molecule has 0 spiro atoms. The van der Waals surface area contributed by atoms with Crippen molar-refractivity contribution in [3.63, 3.8) is 0 Å². The van der Waals surface area contributed by atoms with Crippen molar-refractivity contribution in [2.45, 2.75) is 6.92 Å². The van der Waals surface area contributed by atoms with Gasteiger partial charge in [-0.2, -0.15) is 0 Å². The molecule has 0 aromatic carbocycles. The third kappa shape index (κ3) is 5.29. The summed E-state index contributed by atoms with van der Waals surface area (Å²) in [5.74, 6) is 0.375. The van der Waals surface area contributed by atoms with Gasteiger partial charge in [-0.05, 0) is 6.92 Å². The van der Waals surface area contributed by atoms with Crippen molar-refractivity contribution in [3.8, 4) is 0 Å². The second-order valence-corrected chi connectivity index (χ2v) is 1.67. The van der Waals surface area contributed by atoms with E-state index in [1.165, 1.54) is 6.20 Å². The highest BCUT2D eigenvalue weighted by atomic mass is 16.5. The van der Waals surface area contributed by atoms with E-state index in [-0.39, 0.29) is 0 Å². The second-order valence-electron chi connectivity index (χ2n) is 1.67. The zero-order valence-corrected chi connectivity index (χ0v) is 6.70. The molecule has 0 unspecified atom stereocenters. The summed E-state index contributed by atoms with van der Waals surface area (Å²) in [4.78, 5) is 16.0. The van der Waals surface area contributed by atoms with Crippen LogP contribution in [0.4, 0.5) is 0 Å². The van der Waals surface area contributed by atoms with Crippen LogP contribution in [-0.2, 0) is 4.74 Å². The number of nitrogens with zero attached hydrogens (tertiary/aromatic N) is 1. The molecule has 0 radical (unpaired) electrons. The Morgan fingerprint density at radius 2 is 2.45 bits per heavy atom. The number of carbonyl (C=O) groups excluding carboxylic acids is 1. The molecule has 0 fully saturated rings. The molecule has 1 aromatic heterocycles. The van der Waals surface area contributed by atoms with Gasteiger partial charge in [0, 0.05) is 26.1 Å². The third-order valence-corrected chi connectivity index (χ3v) is 0.920. The number of aromatic amines is 1. The summed E-state index contributed by atoms with van der Waals surface area (Å²) in [7, 11) is 1.68. The lowest BCUT2D eigenvalue weighted by atomic mass is 10.7. The Morgan fingerprint density at radius 1 is 1.82 bits per heavy atom. The number of ether oxygens (including phenoxy) is 1. The van der Waals surface area contributed by atoms with Crippen LogP contribution in [-0.4, -0.2) is 30.0 Å². The lowest BCUT2D eigenvalue weighted by Gasteiger charge is -1.76. The molecule has 0 aliphatic heterocycles. The maximum absolute atomic E-state index is 9.77. The number of hydrogen-bond donors (Lipinski definition) is 1. The molecule has 4 nitrogen and oxygen atoms in total. The smallest absolute Gasteiger partial charge is 0.185 e. The first kappa shape index (κ1) is 9.84. The lowest BCUT2D eigenvalue weighted by Crippen LogP contribution is -1.78. The van der Waals surface area contributed by atoms with Gasteiger partial charge in [0.2, 0.25) is 0 Å². The Kier molecular flexibility index (Phi) is 6.22. The molecular formula is C7H12N2O2. The van der Waals surface area contributed by atoms with E-state index in [2.05, 4.69) is 14.7 Å². The summed E-state index contributed by atoms with van der Waals surface area (Å²) >= 11 is 0. The van der Waals surface area contributed by atoms with E-state index in [0.29, 0.717) is 12.1 Å². The van der Waals surface area contributed by atoms with Gasteiger partial charge in [-0.25, -0.2) is 4.98 Å². The van der Waals surface area contributed by atoms with Crippen LogP contribution in [0.2, 0.25) is 0 Å². The average molecular weight is 156 g/mol. The largest absolute Gasteiger partial charge is 0.385 e. The summed E-state index contributed by atoms with van der Waals surface area (Å²) < 4.78 is 4.54. The predicted octanol–water partition coefficient (Wildman–Crippen LogP) is 0.875. The molecule has 0 saturated carbocycles. The molecule has 0 saturated heterocycles. The number of rotatable bonds is 2. The summed E-state index contributed by atoms with van der Waals surface area (Å²) in [6.07, 6.45) is 3.80. The molecular weight excluding hydrogens is 144 g/mol. The van der Waals surface area contributed by atoms with E-state index < -0.39 is 0 Å². The zero-order valence-electron chi connectivity index (χ0n) is 6.70. The summed E-state index contributed by atoms with van der Waals surface area (Å²) in [6.45, 7) is 2.78. The first-order chi connectivity index (χ1) is 5.35. The molecule has 0 bridgehead atoms. The van der Waals surface area contributed by atoms with Gasteiger partial charge < -0.3 is 9.72 Å². The predicted molar refractivity (Wildman–Crippen MR) is 41.5 cm³/mol. The number of methoxy groups -OCH3 is 1. The fraction of sp³-hybridized carbons (Fsp3) is 0.429. The fourth-order valence-corrected chi connectivity index (χ4v) is 0.342. The fourth-order valence-electron chi connectivity index (χ4n) is 0.342. The van der Waals surface area contributed by atoms with Crippen molar-refractivity contribution >= 4 is 6.29 Å². The SMILES string of the molecule is CCOC.O=Cc1ncc[nH]1. The molecule has 1 rings (SSSR count). The van der Waals surface area contributed by atoms with E-state index in [9.17, 15) is 4.79 Å². The van der Waals surface area contributed by atoms with Crippen LogP contribution < -0.4 is 0 Å². The maximum Gasteiger partial charge on any atom is 0.185 e. The summed E-state index contributed by atoms with van der Waals surface area (Å²) in [6, 6.07) is 0. The maximum atomic E-state index is 9.77. The van der Waals surface area contributed by atoms with Crippen molar-refractivity contribution in [2.75, 3.05) is 13.7 Å². The molecule has 1 N–H and O–H groups in total. The minimum Gasteiger partial charge on any atom is -0.385 e. The first-order valence-electron chi connectivity index (χ1n) is 3.28. The van der Waals surface area contributed by atoms with Gasteiger partial charge in [-0.3, -0.25) is 4.79 Å². The van der Waals surface area contributed by atoms with Crippen molar-refractivity contribution in [3.05, 3.63) is 18.2 Å². The van der Waals surface area contributed by atoms with Crippen LogP contribution >= 0.6 is 0 Å². The highest BCUT2D eigenvalue weighted by Gasteiger charge is 1.82. The van der Waals surface area contributed by atoms with Gasteiger partial charge in [-0.15, -0.1) is 0 Å². The monoisotopic (exact) mass is 156 g/mol. The van der Waals surface area contributed by atoms with E-state index in [1.54, 1.807) is 13.3 Å². The van der Waals surface area contributed by atoms with Gasteiger partial charge in [0.15, 0.2) is 12.1 Å². The van der Waals surface area contributed by atoms with Gasteiger partial charge in [0.1, 0.15) is 0 Å². The van der Waals surface area contributed by atoms with Gasteiger partial charge in [0.05, 0.1) is 0 Å². The van der Waals surface area contributed by atoms with Crippen molar-refractivity contribution in [1.82, 2.24) is 9.97 Å². The van der Waals surface area contributed by atoms with Crippen LogP contribution in [0.3, 0.4) is 0 Å². The second kappa shape index (κ2) is 6.95. The van der Waals surface area contributed by atoms with E-state index in [4.69, 9.17) is 0 Å². The van der Waals surface area contributed by atoms with Crippen LogP contribution in [0.15, 0.2) is 12.4 Å². The average Bonchev–Trinajstić information content (AvgIpc) is 2.56. The van der Waals surface area contributed by atoms with Crippen molar-refractivity contribution in [1.29, 1.82) is 0 Å². The Labute approximate surface area is 65.6 Å². The van der Waals surface area contributed by atoms with Crippen LogP contribution in [0, 0.1) is 0 Å². The number of nitrogens with one attached hydrogen (secondary N) is 1. The summed E-state index contributed by atoms with van der Waals surface area (Å²) in [5.41, 5.74) is 0.